The predicted molar refractivity (Wildman–Crippen MR) is 224 cm³/mol. The molecule has 0 spiro atoms. The number of nitrogens with one attached hydrogen (secondary N) is 3. The lowest BCUT2D eigenvalue weighted by atomic mass is 9.79. The summed E-state index contributed by atoms with van der Waals surface area (Å²) in [5.74, 6) is -1.37. The van der Waals surface area contributed by atoms with Gasteiger partial charge in [-0.15, -0.1) is 0 Å². The number of ether oxygens (including phenoxy) is 1. The molecule has 2 saturated carbocycles. The Hall–Kier alpha value is -5.69. The zero-order valence-corrected chi connectivity index (χ0v) is 34.6. The number of fused-ring (bicyclic) bond motifs is 2. The summed E-state index contributed by atoms with van der Waals surface area (Å²) in [6.45, 7) is 4.07. The van der Waals surface area contributed by atoms with Crippen molar-refractivity contribution in [3.8, 4) is 0 Å². The number of rotatable bonds is 11. The van der Waals surface area contributed by atoms with Gasteiger partial charge in [-0.1, -0.05) is 6.07 Å². The molecule has 6 heterocycles. The summed E-state index contributed by atoms with van der Waals surface area (Å²) in [5, 5.41) is 12.5. The topological polar surface area (TPSA) is 195 Å². The fraction of sp³-hybridized carbons (Fsp3) is 0.558. The number of aliphatic imine (C=N–C) groups is 2. The van der Waals surface area contributed by atoms with Crippen LogP contribution in [0.25, 0.3) is 5.65 Å². The molecule has 4 aliphatic heterocycles. The fourth-order valence-electron chi connectivity index (χ4n) is 9.99. The van der Waals surface area contributed by atoms with Gasteiger partial charge in [-0.25, -0.2) is 23.3 Å². The number of nitrogens with zero attached hydrogens (tertiary/aromatic N) is 8. The number of amides is 5. The van der Waals surface area contributed by atoms with E-state index in [9.17, 15) is 32.8 Å². The highest BCUT2D eigenvalue weighted by Crippen LogP contribution is 2.37. The molecule has 4 fully saturated rings. The normalized spacial score (nSPS) is 26.9. The molecule has 2 aromatic heterocycles. The van der Waals surface area contributed by atoms with Crippen LogP contribution in [-0.4, -0.2) is 137 Å². The molecule has 328 valence electrons. The van der Waals surface area contributed by atoms with Crippen molar-refractivity contribution >= 4 is 58.2 Å². The summed E-state index contributed by atoms with van der Waals surface area (Å²) in [7, 11) is 2.18. The van der Waals surface area contributed by atoms with Crippen molar-refractivity contribution in [3.63, 3.8) is 0 Å². The second-order valence-corrected chi connectivity index (χ2v) is 17.3. The smallest absolute Gasteiger partial charge is 0.283 e. The minimum absolute atomic E-state index is 0.00265. The summed E-state index contributed by atoms with van der Waals surface area (Å²) >= 11 is 0. The van der Waals surface area contributed by atoms with Gasteiger partial charge in [-0.05, 0) is 94.9 Å². The summed E-state index contributed by atoms with van der Waals surface area (Å²) in [5.41, 5.74) is 1.08. The van der Waals surface area contributed by atoms with Crippen LogP contribution in [0.4, 0.5) is 20.3 Å². The third-order valence-corrected chi connectivity index (χ3v) is 13.5. The monoisotopic (exact) mass is 855 g/mol. The molecule has 0 bridgehead atoms. The summed E-state index contributed by atoms with van der Waals surface area (Å²) < 4.78 is 35.5. The quantitative estimate of drug-likeness (QED) is 0.239. The number of halogens is 2. The molecule has 3 aromatic rings. The van der Waals surface area contributed by atoms with Crippen molar-refractivity contribution in [2.45, 2.75) is 88.9 Å². The molecule has 2 unspecified atom stereocenters. The summed E-state index contributed by atoms with van der Waals surface area (Å²) in [4.78, 5) is 83.4. The van der Waals surface area contributed by atoms with Gasteiger partial charge >= 0.3 is 0 Å². The molecule has 9 rings (SSSR count). The van der Waals surface area contributed by atoms with Gasteiger partial charge in [0.2, 0.25) is 11.8 Å². The first-order valence-electron chi connectivity index (χ1n) is 21.7. The number of imide groups is 2. The van der Waals surface area contributed by atoms with Crippen molar-refractivity contribution < 1.29 is 37.5 Å². The molecule has 2 atom stereocenters. The van der Waals surface area contributed by atoms with E-state index in [1.165, 1.54) is 10.7 Å². The number of alkyl halides is 2. The van der Waals surface area contributed by atoms with E-state index in [2.05, 4.69) is 52.9 Å². The minimum atomic E-state index is -2.89. The van der Waals surface area contributed by atoms with Crippen molar-refractivity contribution in [3.05, 3.63) is 53.3 Å². The molecule has 62 heavy (non-hydrogen) atoms. The van der Waals surface area contributed by atoms with Crippen LogP contribution in [0.2, 0.25) is 0 Å². The zero-order valence-electron chi connectivity index (χ0n) is 34.6. The van der Waals surface area contributed by atoms with Crippen LogP contribution in [0.15, 0.2) is 46.6 Å². The van der Waals surface area contributed by atoms with Gasteiger partial charge in [0.05, 0.1) is 30.5 Å². The molecular weight excluding hydrogens is 805 g/mol. The fourth-order valence-corrected chi connectivity index (χ4v) is 9.99. The average molecular weight is 856 g/mol. The largest absolute Gasteiger partial charge is 0.384 e. The zero-order chi connectivity index (χ0) is 43.1. The van der Waals surface area contributed by atoms with Crippen LogP contribution < -0.4 is 20.9 Å². The Bertz CT molecular complexity index is 2310. The first-order valence-corrected chi connectivity index (χ1v) is 21.7. The van der Waals surface area contributed by atoms with E-state index in [-0.39, 0.29) is 41.3 Å². The van der Waals surface area contributed by atoms with Crippen molar-refractivity contribution in [1.29, 1.82) is 0 Å². The third-order valence-electron chi connectivity index (χ3n) is 13.5. The van der Waals surface area contributed by atoms with E-state index >= 15 is 0 Å². The molecule has 1 aromatic carbocycles. The standard InChI is InChI=1S/C43H51F2N11O6/c1-53(27-11-7-24(8-12-27)21-46-30-4-2-3-28-34(30)43(61)56(42(28)60)31-13-14-33(57)49-41(31)59)23-25-5-9-26(10-6-25)37-50-35(36(44)45)38(51-37)52-40(58)29-22-47-55-16-15-32(48-39(29)55)54-17-19-62-20-18-54/h2-4,15-16,22,24-27,31,36-37,46H,5-14,17-21,23H2,1H3,(H,49,57,59)(H,51,52,58)/t24?,25-,26-,27?,31?,37?. The molecule has 17 nitrogen and oxygen atoms in total. The highest BCUT2D eigenvalue weighted by atomic mass is 19.3. The van der Waals surface area contributed by atoms with Gasteiger partial charge < -0.3 is 25.2 Å². The van der Waals surface area contributed by atoms with E-state index in [0.717, 1.165) is 62.8 Å². The van der Waals surface area contributed by atoms with Gasteiger partial charge in [0.15, 0.2) is 11.5 Å². The Kier molecular flexibility index (Phi) is 11.8. The number of hydrogen-bond acceptors (Lipinski definition) is 13. The average Bonchev–Trinajstić information content (AvgIpc) is 3.98. The number of carbonyl (C=O) groups is 5. The van der Waals surface area contributed by atoms with Crippen molar-refractivity contribution in [1.82, 2.24) is 35.0 Å². The number of benzene rings is 1. The second kappa shape index (κ2) is 17.6. The van der Waals surface area contributed by atoms with Crippen LogP contribution in [0, 0.1) is 17.8 Å². The van der Waals surface area contributed by atoms with Crippen LogP contribution in [-0.2, 0) is 14.3 Å². The Labute approximate surface area is 356 Å². The third kappa shape index (κ3) is 8.31. The number of carbonyl (C=O) groups excluding carboxylic acids is 5. The van der Waals surface area contributed by atoms with E-state index in [4.69, 9.17) is 4.74 Å². The number of morpholine rings is 1. The van der Waals surface area contributed by atoms with E-state index in [1.807, 2.05) is 6.07 Å². The molecule has 6 aliphatic rings. The molecular formula is C43H51F2N11O6. The van der Waals surface area contributed by atoms with Gasteiger partial charge in [-0.3, -0.25) is 39.2 Å². The minimum Gasteiger partial charge on any atom is -0.384 e. The summed E-state index contributed by atoms with van der Waals surface area (Å²) in [6.07, 6.45) is 7.25. The molecule has 5 amide bonds. The SMILES string of the molecule is CN(C[C@H]1CC[C@H](C2N=C(NC(=O)c3cnn4ccc(N5CCOCC5)nc34)C(C(F)F)=N2)CC1)C1CCC(CNc2cccc3c2C(=O)N(C2CCC(=O)NC2=O)C3=O)CC1. The lowest BCUT2D eigenvalue weighted by Gasteiger charge is -2.38. The van der Waals surface area contributed by atoms with Gasteiger partial charge in [0.25, 0.3) is 24.1 Å². The van der Waals surface area contributed by atoms with E-state index < -0.39 is 53.9 Å². The molecule has 3 N–H and O–H groups in total. The molecule has 2 saturated heterocycles. The second-order valence-electron chi connectivity index (χ2n) is 17.3. The molecule has 2 aliphatic carbocycles. The maximum atomic E-state index is 14.3. The van der Waals surface area contributed by atoms with E-state index in [0.29, 0.717) is 67.9 Å². The Morgan fingerprint density at radius 3 is 2.45 bits per heavy atom. The lowest BCUT2D eigenvalue weighted by Crippen LogP contribution is -2.54. The number of amidine groups is 1. The van der Waals surface area contributed by atoms with Crippen LogP contribution in [0.5, 0.6) is 0 Å². The first-order chi connectivity index (χ1) is 30.0. The highest BCUT2D eigenvalue weighted by molar-refractivity contribution is 6.46. The van der Waals surface area contributed by atoms with E-state index in [1.54, 1.807) is 24.4 Å². The highest BCUT2D eigenvalue weighted by Gasteiger charge is 2.46. The molecule has 19 heteroatoms. The Morgan fingerprint density at radius 1 is 0.952 bits per heavy atom. The van der Waals surface area contributed by atoms with Crippen molar-refractivity contribution in [2.24, 2.45) is 27.7 Å². The van der Waals surface area contributed by atoms with Gasteiger partial charge in [0, 0.05) is 56.4 Å². The number of aromatic nitrogens is 3. The predicted octanol–water partition coefficient (Wildman–Crippen LogP) is 3.55. The van der Waals surface area contributed by atoms with Crippen LogP contribution >= 0.6 is 0 Å². The lowest BCUT2D eigenvalue weighted by molar-refractivity contribution is -0.136. The number of anilines is 2. The summed E-state index contributed by atoms with van der Waals surface area (Å²) in [6, 6.07) is 6.36. The van der Waals surface area contributed by atoms with Gasteiger partial charge in [-0.2, -0.15) is 5.10 Å². The van der Waals surface area contributed by atoms with Crippen molar-refractivity contribution in [2.75, 3.05) is 56.7 Å². The maximum Gasteiger partial charge on any atom is 0.283 e. The molecule has 0 radical (unpaired) electrons. The van der Waals surface area contributed by atoms with Gasteiger partial charge in [0.1, 0.15) is 29.3 Å². The van der Waals surface area contributed by atoms with Crippen LogP contribution in [0.3, 0.4) is 0 Å². The first kappa shape index (κ1) is 41.7. The Morgan fingerprint density at radius 2 is 1.71 bits per heavy atom. The Balaban J connectivity index is 0.741. The number of hydrogen-bond donors (Lipinski definition) is 3. The maximum absolute atomic E-state index is 14.3. The van der Waals surface area contributed by atoms with Crippen LogP contribution in [0.1, 0.15) is 95.3 Å². The number of piperidine rings is 1.